The number of hydrogen-bond acceptors (Lipinski definition) is 5. The number of carbonyl (C=O) groups excluding carboxylic acids is 1. The SMILES string of the molecule is COc1ccc(S(=O)(=O)N(CC(=O)NC(c2ccccc2)c2ccc(C)cc2)c2ccc(F)c(Cl)c2)cc1OC. The molecule has 0 saturated heterocycles. The summed E-state index contributed by atoms with van der Waals surface area (Å²) in [6, 6.07) is 24.0. The van der Waals surface area contributed by atoms with Crippen molar-refractivity contribution in [3.05, 3.63) is 119 Å². The Bertz CT molecular complexity index is 1600. The quantitative estimate of drug-likeness (QED) is 0.251. The first kappa shape index (κ1) is 28.9. The molecule has 0 saturated carbocycles. The number of anilines is 1. The zero-order valence-corrected chi connectivity index (χ0v) is 23.7. The lowest BCUT2D eigenvalue weighted by Gasteiger charge is -2.26. The van der Waals surface area contributed by atoms with Gasteiger partial charge in [0.2, 0.25) is 5.91 Å². The number of halogens is 2. The Hall–Kier alpha value is -4.08. The fraction of sp³-hybridized carbons (Fsp3) is 0.167. The molecule has 208 valence electrons. The lowest BCUT2D eigenvalue weighted by atomic mass is 9.98. The number of nitrogens with zero attached hydrogens (tertiary/aromatic N) is 1. The van der Waals surface area contributed by atoms with Crippen molar-refractivity contribution >= 4 is 33.2 Å². The van der Waals surface area contributed by atoms with Crippen LogP contribution in [-0.2, 0) is 14.8 Å². The van der Waals surface area contributed by atoms with Gasteiger partial charge in [0.25, 0.3) is 10.0 Å². The molecule has 40 heavy (non-hydrogen) atoms. The van der Waals surface area contributed by atoms with E-state index in [1.807, 2.05) is 61.5 Å². The molecular weight excluding hydrogens is 555 g/mol. The molecule has 10 heteroatoms. The second kappa shape index (κ2) is 12.4. The van der Waals surface area contributed by atoms with Gasteiger partial charge in [-0.15, -0.1) is 0 Å². The number of methoxy groups -OCH3 is 2. The molecule has 0 fully saturated rings. The minimum Gasteiger partial charge on any atom is -0.493 e. The third kappa shape index (κ3) is 6.38. The number of aryl methyl sites for hydroxylation is 1. The van der Waals surface area contributed by atoms with Crippen molar-refractivity contribution in [1.82, 2.24) is 5.32 Å². The van der Waals surface area contributed by atoms with Crippen molar-refractivity contribution in [2.45, 2.75) is 17.9 Å². The summed E-state index contributed by atoms with van der Waals surface area (Å²) >= 11 is 6.00. The second-order valence-corrected chi connectivity index (χ2v) is 11.2. The van der Waals surface area contributed by atoms with E-state index >= 15 is 0 Å². The molecule has 0 aromatic heterocycles. The van der Waals surface area contributed by atoms with Crippen LogP contribution in [0.3, 0.4) is 0 Å². The van der Waals surface area contributed by atoms with Crippen LogP contribution in [-0.4, -0.2) is 35.1 Å². The molecule has 4 aromatic carbocycles. The molecule has 4 rings (SSSR count). The smallest absolute Gasteiger partial charge is 0.264 e. The van der Waals surface area contributed by atoms with Crippen molar-refractivity contribution < 1.29 is 27.1 Å². The highest BCUT2D eigenvalue weighted by Crippen LogP contribution is 2.33. The van der Waals surface area contributed by atoms with E-state index in [4.69, 9.17) is 21.1 Å². The van der Waals surface area contributed by atoms with Crippen LogP contribution < -0.4 is 19.1 Å². The van der Waals surface area contributed by atoms with Gasteiger partial charge < -0.3 is 14.8 Å². The Morgan fingerprint density at radius 3 is 2.17 bits per heavy atom. The third-order valence-electron chi connectivity index (χ3n) is 6.27. The summed E-state index contributed by atoms with van der Waals surface area (Å²) in [6.45, 7) is 1.36. The molecule has 0 aliphatic carbocycles. The van der Waals surface area contributed by atoms with Gasteiger partial charge in [-0.2, -0.15) is 0 Å². The molecule has 0 aliphatic heterocycles. The van der Waals surface area contributed by atoms with Gasteiger partial charge in [-0.1, -0.05) is 71.8 Å². The Kier molecular flexibility index (Phi) is 8.96. The average Bonchev–Trinajstić information content (AvgIpc) is 2.96. The number of sulfonamides is 1. The molecule has 0 aliphatic rings. The van der Waals surface area contributed by atoms with E-state index in [1.165, 1.54) is 38.5 Å². The van der Waals surface area contributed by atoms with Crippen LogP contribution in [0.15, 0.2) is 95.9 Å². The summed E-state index contributed by atoms with van der Waals surface area (Å²) < 4.78 is 53.2. The van der Waals surface area contributed by atoms with Gasteiger partial charge in [-0.25, -0.2) is 12.8 Å². The highest BCUT2D eigenvalue weighted by molar-refractivity contribution is 7.92. The number of nitrogens with one attached hydrogen (secondary N) is 1. The third-order valence-corrected chi connectivity index (χ3v) is 8.33. The zero-order chi connectivity index (χ0) is 28.9. The molecule has 7 nitrogen and oxygen atoms in total. The first-order valence-electron chi connectivity index (χ1n) is 12.2. The van der Waals surface area contributed by atoms with Crippen LogP contribution >= 0.6 is 11.6 Å². The first-order valence-corrected chi connectivity index (χ1v) is 14.1. The fourth-order valence-electron chi connectivity index (χ4n) is 4.16. The van der Waals surface area contributed by atoms with Crippen LogP contribution in [0.1, 0.15) is 22.7 Å². The van der Waals surface area contributed by atoms with Crippen LogP contribution in [0.2, 0.25) is 5.02 Å². The predicted octanol–water partition coefficient (Wildman–Crippen LogP) is 5.91. The summed E-state index contributed by atoms with van der Waals surface area (Å²) in [6.07, 6.45) is 0. The van der Waals surface area contributed by atoms with Crippen molar-refractivity contribution in [3.63, 3.8) is 0 Å². The van der Waals surface area contributed by atoms with Gasteiger partial charge in [0.1, 0.15) is 12.4 Å². The molecule has 1 unspecified atom stereocenters. The molecule has 4 aromatic rings. The van der Waals surface area contributed by atoms with Crippen LogP contribution in [0, 0.1) is 12.7 Å². The number of hydrogen-bond donors (Lipinski definition) is 1. The monoisotopic (exact) mass is 582 g/mol. The van der Waals surface area contributed by atoms with Gasteiger partial charge in [0.05, 0.1) is 35.9 Å². The Labute approximate surface area is 238 Å². The minimum atomic E-state index is -4.35. The summed E-state index contributed by atoms with van der Waals surface area (Å²) in [5.74, 6) is -0.784. The average molecular weight is 583 g/mol. The Morgan fingerprint density at radius 2 is 1.55 bits per heavy atom. The summed E-state index contributed by atoms with van der Waals surface area (Å²) in [4.78, 5) is 13.4. The van der Waals surface area contributed by atoms with Crippen molar-refractivity contribution in [2.24, 2.45) is 0 Å². The Morgan fingerprint density at radius 1 is 0.900 bits per heavy atom. The van der Waals surface area contributed by atoms with E-state index in [9.17, 15) is 17.6 Å². The maximum atomic E-state index is 14.0. The second-order valence-electron chi connectivity index (χ2n) is 8.95. The molecule has 0 radical (unpaired) electrons. The number of rotatable bonds is 10. The molecule has 0 bridgehead atoms. The molecule has 0 spiro atoms. The predicted molar refractivity (Wildman–Crippen MR) is 153 cm³/mol. The standard InChI is InChI=1S/C30H28ClFN2O5S/c1-20-9-11-22(12-10-20)30(21-7-5-4-6-8-21)33-29(35)19-34(23-13-15-26(32)25(31)17-23)40(36,37)24-14-16-27(38-2)28(18-24)39-3/h4-18,30H,19H2,1-3H3,(H,33,35). The lowest BCUT2D eigenvalue weighted by molar-refractivity contribution is -0.120. The minimum absolute atomic E-state index is 0.0166. The maximum absolute atomic E-state index is 14.0. The fourth-order valence-corrected chi connectivity index (χ4v) is 5.76. The van der Waals surface area contributed by atoms with E-state index in [0.717, 1.165) is 33.1 Å². The molecule has 0 heterocycles. The van der Waals surface area contributed by atoms with Gasteiger partial charge in [-0.3, -0.25) is 9.10 Å². The van der Waals surface area contributed by atoms with E-state index < -0.39 is 34.3 Å². The summed E-state index contributed by atoms with van der Waals surface area (Å²) in [7, 11) is -1.54. The summed E-state index contributed by atoms with van der Waals surface area (Å²) in [5, 5.41) is 2.68. The van der Waals surface area contributed by atoms with Crippen LogP contribution in [0.5, 0.6) is 11.5 Å². The summed E-state index contributed by atoms with van der Waals surface area (Å²) in [5.41, 5.74) is 2.72. The number of benzene rings is 4. The van der Waals surface area contributed by atoms with Crippen LogP contribution in [0.4, 0.5) is 10.1 Å². The molecule has 1 atom stereocenters. The molecule has 1 amide bonds. The first-order chi connectivity index (χ1) is 19.1. The van der Waals surface area contributed by atoms with Crippen LogP contribution in [0.25, 0.3) is 0 Å². The topological polar surface area (TPSA) is 84.9 Å². The highest BCUT2D eigenvalue weighted by atomic mass is 35.5. The van der Waals surface area contributed by atoms with E-state index in [-0.39, 0.29) is 21.4 Å². The highest BCUT2D eigenvalue weighted by Gasteiger charge is 2.30. The number of amides is 1. The van der Waals surface area contributed by atoms with Gasteiger partial charge in [-0.05, 0) is 48.4 Å². The van der Waals surface area contributed by atoms with Gasteiger partial charge >= 0.3 is 0 Å². The normalized spacial score (nSPS) is 11.9. The van der Waals surface area contributed by atoms with E-state index in [1.54, 1.807) is 0 Å². The maximum Gasteiger partial charge on any atom is 0.264 e. The van der Waals surface area contributed by atoms with Crippen molar-refractivity contribution in [1.29, 1.82) is 0 Å². The Balaban J connectivity index is 1.73. The van der Waals surface area contributed by atoms with E-state index in [0.29, 0.717) is 5.75 Å². The number of carbonyl (C=O) groups is 1. The lowest BCUT2D eigenvalue weighted by Crippen LogP contribution is -2.42. The van der Waals surface area contributed by atoms with E-state index in [2.05, 4.69) is 5.32 Å². The number of ether oxygens (including phenoxy) is 2. The van der Waals surface area contributed by atoms with Gasteiger partial charge in [0, 0.05) is 6.07 Å². The van der Waals surface area contributed by atoms with Crippen molar-refractivity contribution in [3.8, 4) is 11.5 Å². The molecular formula is C30H28ClFN2O5S. The zero-order valence-electron chi connectivity index (χ0n) is 22.1. The largest absolute Gasteiger partial charge is 0.493 e. The van der Waals surface area contributed by atoms with Gasteiger partial charge in [0.15, 0.2) is 11.5 Å². The molecule has 1 N–H and O–H groups in total. The van der Waals surface area contributed by atoms with Crippen molar-refractivity contribution in [2.75, 3.05) is 25.1 Å².